The van der Waals surface area contributed by atoms with Gasteiger partial charge in [0.15, 0.2) is 11.5 Å². The van der Waals surface area contributed by atoms with Crippen LogP contribution < -0.4 is 9.47 Å². The van der Waals surface area contributed by atoms with Gasteiger partial charge in [-0.1, -0.05) is 6.07 Å². The largest absolute Gasteiger partial charge is 0.454 e. The van der Waals surface area contributed by atoms with Gasteiger partial charge in [-0.25, -0.2) is 0 Å². The van der Waals surface area contributed by atoms with Crippen molar-refractivity contribution in [2.45, 2.75) is 12.8 Å². The second-order valence-corrected chi connectivity index (χ2v) is 4.75. The van der Waals surface area contributed by atoms with Gasteiger partial charge in [-0.3, -0.25) is 4.90 Å². The highest BCUT2D eigenvalue weighted by Gasteiger charge is 2.13. The second-order valence-electron chi connectivity index (χ2n) is 4.75. The molecule has 0 amide bonds. The van der Waals surface area contributed by atoms with Crippen LogP contribution in [0.25, 0.3) is 0 Å². The zero-order valence-electron chi connectivity index (χ0n) is 10.6. The summed E-state index contributed by atoms with van der Waals surface area (Å²) in [7, 11) is 0. The minimum Gasteiger partial charge on any atom is -0.454 e. The molecule has 0 aliphatic carbocycles. The molecule has 98 valence electrons. The topological polar surface area (TPSA) is 30.9 Å². The van der Waals surface area contributed by atoms with E-state index < -0.39 is 0 Å². The van der Waals surface area contributed by atoms with Crippen molar-refractivity contribution < 1.29 is 14.2 Å². The molecule has 1 fully saturated rings. The molecule has 2 heterocycles. The highest BCUT2D eigenvalue weighted by atomic mass is 16.7. The van der Waals surface area contributed by atoms with Crippen LogP contribution in [0.5, 0.6) is 11.5 Å². The Balaban J connectivity index is 1.48. The Morgan fingerprint density at radius 1 is 1.06 bits per heavy atom. The lowest BCUT2D eigenvalue weighted by atomic mass is 10.1. The van der Waals surface area contributed by atoms with Crippen molar-refractivity contribution in [2.75, 3.05) is 39.6 Å². The molecule has 0 aromatic heterocycles. The first-order chi connectivity index (χ1) is 8.92. The lowest BCUT2D eigenvalue weighted by Crippen LogP contribution is -2.36. The molecule has 1 aromatic rings. The molecule has 3 rings (SSSR count). The summed E-state index contributed by atoms with van der Waals surface area (Å²) in [5.41, 5.74) is 1.33. The number of ether oxygens (including phenoxy) is 3. The molecule has 1 saturated heterocycles. The van der Waals surface area contributed by atoms with Crippen LogP contribution in [-0.4, -0.2) is 44.5 Å². The molecule has 4 nitrogen and oxygen atoms in total. The third kappa shape index (κ3) is 2.76. The molecule has 0 spiro atoms. The Morgan fingerprint density at radius 3 is 2.78 bits per heavy atom. The molecule has 1 aromatic carbocycles. The number of hydrogen-bond acceptors (Lipinski definition) is 4. The molecular formula is C14H19NO3. The third-order valence-electron chi connectivity index (χ3n) is 3.48. The van der Waals surface area contributed by atoms with Crippen LogP contribution in [0, 0.1) is 0 Å². The lowest BCUT2D eigenvalue weighted by molar-refractivity contribution is 0.0374. The van der Waals surface area contributed by atoms with Crippen LogP contribution in [0.3, 0.4) is 0 Å². The summed E-state index contributed by atoms with van der Waals surface area (Å²) in [5.74, 6) is 1.76. The fraction of sp³-hybridized carbons (Fsp3) is 0.571. The summed E-state index contributed by atoms with van der Waals surface area (Å²) >= 11 is 0. The van der Waals surface area contributed by atoms with E-state index in [1.807, 2.05) is 6.07 Å². The SMILES string of the molecule is c1cc2c(cc1CCCN1CCOCC1)OCO2. The lowest BCUT2D eigenvalue weighted by Gasteiger charge is -2.26. The first kappa shape index (κ1) is 11.8. The molecule has 0 saturated carbocycles. The highest BCUT2D eigenvalue weighted by molar-refractivity contribution is 5.44. The Hall–Kier alpha value is -1.26. The van der Waals surface area contributed by atoms with Gasteiger partial charge < -0.3 is 14.2 Å². The van der Waals surface area contributed by atoms with Gasteiger partial charge in [0.05, 0.1) is 13.2 Å². The Bertz CT molecular complexity index is 402. The summed E-state index contributed by atoms with van der Waals surface area (Å²) in [6, 6.07) is 6.24. The van der Waals surface area contributed by atoms with Crippen LogP contribution in [-0.2, 0) is 11.2 Å². The van der Waals surface area contributed by atoms with Crippen LogP contribution >= 0.6 is 0 Å². The van der Waals surface area contributed by atoms with Gasteiger partial charge in [0.25, 0.3) is 0 Å². The van der Waals surface area contributed by atoms with Crippen molar-refractivity contribution >= 4 is 0 Å². The number of benzene rings is 1. The molecule has 4 heteroatoms. The van der Waals surface area contributed by atoms with Crippen LogP contribution in [0.15, 0.2) is 18.2 Å². The number of rotatable bonds is 4. The molecule has 0 N–H and O–H groups in total. The van der Waals surface area contributed by atoms with E-state index in [0.29, 0.717) is 6.79 Å². The average molecular weight is 249 g/mol. The van der Waals surface area contributed by atoms with Gasteiger partial charge in [0.1, 0.15) is 0 Å². The van der Waals surface area contributed by atoms with E-state index in [-0.39, 0.29) is 0 Å². The van der Waals surface area contributed by atoms with Gasteiger partial charge in [-0.15, -0.1) is 0 Å². The molecule has 0 bridgehead atoms. The molecule has 0 atom stereocenters. The summed E-state index contributed by atoms with van der Waals surface area (Å²) < 4.78 is 16.0. The second kappa shape index (κ2) is 5.59. The normalized spacial score (nSPS) is 19.1. The minimum atomic E-state index is 0.354. The molecule has 18 heavy (non-hydrogen) atoms. The number of hydrogen-bond donors (Lipinski definition) is 0. The minimum absolute atomic E-state index is 0.354. The standard InChI is InChI=1S/C14H19NO3/c1(5-15-6-8-16-9-7-15)2-12-3-4-13-14(10-12)18-11-17-13/h3-4,10H,1-2,5-9,11H2. The van der Waals surface area contributed by atoms with E-state index in [1.165, 1.54) is 12.0 Å². The maximum atomic E-state index is 5.39. The van der Waals surface area contributed by atoms with Crippen molar-refractivity contribution in [2.24, 2.45) is 0 Å². The molecule has 0 radical (unpaired) electrons. The first-order valence-electron chi connectivity index (χ1n) is 6.60. The first-order valence-corrected chi connectivity index (χ1v) is 6.60. The predicted octanol–water partition coefficient (Wildman–Crippen LogP) is 1.68. The van der Waals surface area contributed by atoms with Gasteiger partial charge in [0.2, 0.25) is 6.79 Å². The summed E-state index contributed by atoms with van der Waals surface area (Å²) in [4.78, 5) is 2.47. The fourth-order valence-corrected chi connectivity index (χ4v) is 2.43. The van der Waals surface area contributed by atoms with Crippen molar-refractivity contribution in [1.29, 1.82) is 0 Å². The number of aryl methyl sites for hydroxylation is 1. The average Bonchev–Trinajstić information content (AvgIpc) is 2.87. The third-order valence-corrected chi connectivity index (χ3v) is 3.48. The van der Waals surface area contributed by atoms with Crippen molar-refractivity contribution in [3.63, 3.8) is 0 Å². The molecular weight excluding hydrogens is 230 g/mol. The highest BCUT2D eigenvalue weighted by Crippen LogP contribution is 2.32. The molecule has 0 unspecified atom stereocenters. The Kier molecular flexibility index (Phi) is 3.67. The Morgan fingerprint density at radius 2 is 1.89 bits per heavy atom. The Labute approximate surface area is 107 Å². The molecule has 2 aliphatic heterocycles. The van der Waals surface area contributed by atoms with E-state index in [1.54, 1.807) is 0 Å². The van der Waals surface area contributed by atoms with Crippen LogP contribution in [0.2, 0.25) is 0 Å². The van der Waals surface area contributed by atoms with Crippen LogP contribution in [0.4, 0.5) is 0 Å². The van der Waals surface area contributed by atoms with E-state index in [2.05, 4.69) is 17.0 Å². The smallest absolute Gasteiger partial charge is 0.231 e. The summed E-state index contributed by atoms with van der Waals surface area (Å²) in [6.07, 6.45) is 2.27. The monoisotopic (exact) mass is 249 g/mol. The maximum absolute atomic E-state index is 5.39. The summed E-state index contributed by atoms with van der Waals surface area (Å²) in [6.45, 7) is 5.40. The van der Waals surface area contributed by atoms with Gasteiger partial charge in [-0.05, 0) is 37.1 Å². The van der Waals surface area contributed by atoms with E-state index in [9.17, 15) is 0 Å². The van der Waals surface area contributed by atoms with Crippen molar-refractivity contribution in [1.82, 2.24) is 4.90 Å². The van der Waals surface area contributed by atoms with Crippen molar-refractivity contribution in [3.05, 3.63) is 23.8 Å². The van der Waals surface area contributed by atoms with Crippen molar-refractivity contribution in [3.8, 4) is 11.5 Å². The van der Waals surface area contributed by atoms with Crippen LogP contribution in [0.1, 0.15) is 12.0 Å². The number of fused-ring (bicyclic) bond motifs is 1. The zero-order valence-corrected chi connectivity index (χ0v) is 10.6. The summed E-state index contributed by atoms with van der Waals surface area (Å²) in [5, 5.41) is 0. The molecule has 2 aliphatic rings. The van der Waals surface area contributed by atoms with Gasteiger partial charge in [-0.2, -0.15) is 0 Å². The quantitative estimate of drug-likeness (QED) is 0.812. The number of morpholine rings is 1. The van der Waals surface area contributed by atoms with Gasteiger partial charge in [0, 0.05) is 13.1 Å². The van der Waals surface area contributed by atoms with Gasteiger partial charge >= 0.3 is 0 Å². The fourth-order valence-electron chi connectivity index (χ4n) is 2.43. The van der Waals surface area contributed by atoms with E-state index >= 15 is 0 Å². The zero-order chi connectivity index (χ0) is 12.2. The number of nitrogens with zero attached hydrogens (tertiary/aromatic N) is 1. The maximum Gasteiger partial charge on any atom is 0.231 e. The van der Waals surface area contributed by atoms with E-state index in [0.717, 1.165) is 50.8 Å². The predicted molar refractivity (Wildman–Crippen MR) is 68.1 cm³/mol. The van der Waals surface area contributed by atoms with E-state index in [4.69, 9.17) is 14.2 Å².